The fourth-order valence-electron chi connectivity index (χ4n) is 3.43. The Balaban J connectivity index is 1.79. The number of nitrogens with one attached hydrogen (secondary N) is 2. The van der Waals surface area contributed by atoms with Crippen LogP contribution in [0.5, 0.6) is 5.75 Å². The smallest absolute Gasteiger partial charge is 0.240 e. The summed E-state index contributed by atoms with van der Waals surface area (Å²) in [5.74, 6) is 0.352. The second-order valence-electron chi connectivity index (χ2n) is 8.35. The molecule has 0 heterocycles. The van der Waals surface area contributed by atoms with Gasteiger partial charge in [-0.1, -0.05) is 44.2 Å². The molecule has 2 aromatic carbocycles. The Bertz CT molecular complexity index is 914. The van der Waals surface area contributed by atoms with Gasteiger partial charge in [0.05, 0.1) is 11.8 Å². The lowest BCUT2D eigenvalue weighted by molar-refractivity contribution is -0.131. The number of carbonyl (C=O) groups excluding carboxylic acids is 2. The van der Waals surface area contributed by atoms with E-state index in [0.717, 1.165) is 16.8 Å². The number of hydrogen-bond donors (Lipinski definition) is 2. The Morgan fingerprint density at radius 1 is 0.931 bits per heavy atom. The molecule has 1 fully saturated rings. The van der Waals surface area contributed by atoms with Crippen LogP contribution in [-0.4, -0.2) is 17.9 Å². The van der Waals surface area contributed by atoms with Gasteiger partial charge in [-0.05, 0) is 62.8 Å². The first-order chi connectivity index (χ1) is 13.7. The summed E-state index contributed by atoms with van der Waals surface area (Å²) in [5, 5.41) is 5.96. The molecule has 154 valence electrons. The van der Waals surface area contributed by atoms with Crippen LogP contribution >= 0.6 is 0 Å². The summed E-state index contributed by atoms with van der Waals surface area (Å²) < 4.78 is 5.78. The molecule has 2 amide bonds. The van der Waals surface area contributed by atoms with Gasteiger partial charge in [0.25, 0.3) is 0 Å². The molecule has 5 heteroatoms. The third-order valence-corrected chi connectivity index (χ3v) is 5.28. The largest absolute Gasteiger partial charge is 0.489 e. The van der Waals surface area contributed by atoms with Gasteiger partial charge in [0, 0.05) is 5.69 Å². The minimum absolute atomic E-state index is 0.0123. The normalized spacial score (nSPS) is 14.6. The molecule has 0 spiro atoms. The summed E-state index contributed by atoms with van der Waals surface area (Å²) in [6.45, 7) is 10.0. The minimum atomic E-state index is -1.03. The quantitative estimate of drug-likeness (QED) is 0.629. The maximum Gasteiger partial charge on any atom is 0.240 e. The highest BCUT2D eigenvalue weighted by Crippen LogP contribution is 2.48. The SMILES string of the molecule is Cc1cccc(C(C)C)c1NC(=O)C1(C(=O)Nc2ccccc2OC(C)C)CC1. The second kappa shape index (κ2) is 8.27. The molecule has 0 bridgehead atoms. The topological polar surface area (TPSA) is 67.4 Å². The van der Waals surface area contributed by atoms with Gasteiger partial charge in [0.15, 0.2) is 0 Å². The lowest BCUT2D eigenvalue weighted by atomic mass is 9.97. The van der Waals surface area contributed by atoms with Crippen molar-refractivity contribution < 1.29 is 14.3 Å². The monoisotopic (exact) mass is 394 g/mol. The van der Waals surface area contributed by atoms with Crippen LogP contribution in [0.3, 0.4) is 0 Å². The van der Waals surface area contributed by atoms with E-state index in [4.69, 9.17) is 4.74 Å². The molecular formula is C24H30N2O3. The molecule has 5 nitrogen and oxygen atoms in total. The highest BCUT2D eigenvalue weighted by molar-refractivity contribution is 6.17. The molecule has 2 N–H and O–H groups in total. The number of anilines is 2. The van der Waals surface area contributed by atoms with Gasteiger partial charge in [-0.2, -0.15) is 0 Å². The first kappa shape index (κ1) is 20.9. The van der Waals surface area contributed by atoms with Crippen LogP contribution in [0.15, 0.2) is 42.5 Å². The van der Waals surface area contributed by atoms with E-state index in [1.165, 1.54) is 0 Å². The molecule has 0 atom stereocenters. The lowest BCUT2D eigenvalue weighted by Crippen LogP contribution is -2.36. The Labute approximate surface area is 172 Å². The molecule has 3 rings (SSSR count). The van der Waals surface area contributed by atoms with Gasteiger partial charge in [-0.25, -0.2) is 0 Å². The third-order valence-electron chi connectivity index (χ3n) is 5.28. The molecule has 0 saturated heterocycles. The molecule has 0 radical (unpaired) electrons. The van der Waals surface area contributed by atoms with Crippen molar-refractivity contribution in [1.82, 2.24) is 0 Å². The molecule has 0 aliphatic heterocycles. The van der Waals surface area contributed by atoms with Gasteiger partial charge in [-0.15, -0.1) is 0 Å². The second-order valence-corrected chi connectivity index (χ2v) is 8.35. The Morgan fingerprint density at radius 3 is 2.21 bits per heavy atom. The zero-order valence-corrected chi connectivity index (χ0v) is 17.8. The van der Waals surface area contributed by atoms with E-state index in [-0.39, 0.29) is 23.8 Å². The average molecular weight is 395 g/mol. The Morgan fingerprint density at radius 2 is 1.59 bits per heavy atom. The van der Waals surface area contributed by atoms with E-state index < -0.39 is 5.41 Å². The van der Waals surface area contributed by atoms with E-state index in [9.17, 15) is 9.59 Å². The van der Waals surface area contributed by atoms with E-state index in [0.29, 0.717) is 24.3 Å². The molecule has 1 saturated carbocycles. The highest BCUT2D eigenvalue weighted by atomic mass is 16.5. The number of benzene rings is 2. The van der Waals surface area contributed by atoms with Gasteiger partial charge in [0.2, 0.25) is 11.8 Å². The van der Waals surface area contributed by atoms with Crippen LogP contribution in [0.25, 0.3) is 0 Å². The number of carbonyl (C=O) groups is 2. The standard InChI is InChI=1S/C24H30N2O3/c1-15(2)18-10-8-9-17(5)21(18)26-23(28)24(13-14-24)22(27)25-19-11-6-7-12-20(19)29-16(3)4/h6-12,15-16H,13-14H2,1-5H3,(H,25,27)(H,26,28). The van der Waals surface area contributed by atoms with Crippen LogP contribution < -0.4 is 15.4 Å². The summed E-state index contributed by atoms with van der Waals surface area (Å²) in [7, 11) is 0. The predicted molar refractivity (Wildman–Crippen MR) is 116 cm³/mol. The first-order valence-corrected chi connectivity index (χ1v) is 10.2. The fourth-order valence-corrected chi connectivity index (χ4v) is 3.43. The minimum Gasteiger partial charge on any atom is -0.489 e. The van der Waals surface area contributed by atoms with E-state index >= 15 is 0 Å². The van der Waals surface area contributed by atoms with Gasteiger partial charge >= 0.3 is 0 Å². The number of amides is 2. The molecule has 2 aromatic rings. The van der Waals surface area contributed by atoms with Crippen molar-refractivity contribution in [3.8, 4) is 5.75 Å². The van der Waals surface area contributed by atoms with Crippen molar-refractivity contribution in [2.45, 2.75) is 59.5 Å². The molecule has 1 aliphatic carbocycles. The van der Waals surface area contributed by atoms with E-state index in [1.807, 2.05) is 57.2 Å². The highest BCUT2D eigenvalue weighted by Gasteiger charge is 2.56. The van der Waals surface area contributed by atoms with Gasteiger partial charge in [-0.3, -0.25) is 9.59 Å². The van der Waals surface area contributed by atoms with Crippen LogP contribution in [0.1, 0.15) is 57.6 Å². The number of para-hydroxylation sites is 3. The fraction of sp³-hybridized carbons (Fsp3) is 0.417. The molecular weight excluding hydrogens is 364 g/mol. The molecule has 1 aliphatic rings. The molecule has 0 unspecified atom stereocenters. The summed E-state index contributed by atoms with van der Waals surface area (Å²) in [6.07, 6.45) is 1.07. The van der Waals surface area contributed by atoms with Crippen LogP contribution in [0, 0.1) is 12.3 Å². The summed E-state index contributed by atoms with van der Waals surface area (Å²) in [5.41, 5.74) is 2.45. The van der Waals surface area contributed by atoms with Crippen molar-refractivity contribution >= 4 is 23.2 Å². The van der Waals surface area contributed by atoms with Crippen LogP contribution in [-0.2, 0) is 9.59 Å². The van der Waals surface area contributed by atoms with E-state index in [2.05, 4.69) is 24.5 Å². The maximum atomic E-state index is 13.1. The van der Waals surface area contributed by atoms with E-state index in [1.54, 1.807) is 6.07 Å². The first-order valence-electron chi connectivity index (χ1n) is 10.2. The zero-order valence-electron chi connectivity index (χ0n) is 17.8. The van der Waals surface area contributed by atoms with Crippen molar-refractivity contribution in [3.63, 3.8) is 0 Å². The summed E-state index contributed by atoms with van der Waals surface area (Å²) in [4.78, 5) is 26.2. The number of ether oxygens (including phenoxy) is 1. The number of hydrogen-bond acceptors (Lipinski definition) is 3. The van der Waals surface area contributed by atoms with Crippen molar-refractivity contribution in [2.75, 3.05) is 10.6 Å². The number of aryl methyl sites for hydroxylation is 1. The average Bonchev–Trinajstić information content (AvgIpc) is 3.46. The van der Waals surface area contributed by atoms with Crippen LogP contribution in [0.4, 0.5) is 11.4 Å². The summed E-state index contributed by atoms with van der Waals surface area (Å²) >= 11 is 0. The number of rotatable bonds is 7. The Kier molecular flexibility index (Phi) is 5.96. The maximum absolute atomic E-state index is 13.1. The molecule has 29 heavy (non-hydrogen) atoms. The Hall–Kier alpha value is -2.82. The lowest BCUT2D eigenvalue weighted by Gasteiger charge is -2.21. The third kappa shape index (κ3) is 4.44. The van der Waals surface area contributed by atoms with Crippen LogP contribution in [0.2, 0.25) is 0 Å². The van der Waals surface area contributed by atoms with Crippen molar-refractivity contribution in [2.24, 2.45) is 5.41 Å². The predicted octanol–water partition coefficient (Wildman–Crippen LogP) is 5.26. The molecule has 0 aromatic heterocycles. The summed E-state index contributed by atoms with van der Waals surface area (Å²) in [6, 6.07) is 13.3. The van der Waals surface area contributed by atoms with Gasteiger partial charge in [0.1, 0.15) is 11.2 Å². The zero-order chi connectivity index (χ0) is 21.2. The van der Waals surface area contributed by atoms with Crippen molar-refractivity contribution in [3.05, 3.63) is 53.6 Å². The van der Waals surface area contributed by atoms with Gasteiger partial charge < -0.3 is 15.4 Å². The van der Waals surface area contributed by atoms with Crippen molar-refractivity contribution in [1.29, 1.82) is 0 Å².